The molecule has 0 unspecified atom stereocenters. The van der Waals surface area contributed by atoms with Crippen LogP contribution < -0.4 is 11.1 Å². The van der Waals surface area contributed by atoms with Crippen LogP contribution in [-0.4, -0.2) is 18.5 Å². The number of amides is 1. The summed E-state index contributed by atoms with van der Waals surface area (Å²) in [5, 5.41) is 3.04. The first-order chi connectivity index (χ1) is 6.53. The molecule has 1 saturated carbocycles. The molecule has 0 heterocycles. The second kappa shape index (κ2) is 4.78. The largest absolute Gasteiger partial charge is 0.353 e. The van der Waals surface area contributed by atoms with Crippen molar-refractivity contribution in [2.24, 2.45) is 11.1 Å². The predicted octanol–water partition coefficient (Wildman–Crippen LogP) is 1.42. The molecule has 1 aliphatic carbocycles. The summed E-state index contributed by atoms with van der Waals surface area (Å²) in [7, 11) is 0. The minimum atomic E-state index is 0.109. The molecular weight excluding hydrogens is 176 g/mol. The fraction of sp³-hybridized carbons (Fsp3) is 0.909. The van der Waals surface area contributed by atoms with Crippen LogP contribution in [0.15, 0.2) is 0 Å². The highest BCUT2D eigenvalue weighted by Crippen LogP contribution is 2.34. The van der Waals surface area contributed by atoms with E-state index < -0.39 is 0 Å². The van der Waals surface area contributed by atoms with Gasteiger partial charge in [0, 0.05) is 19.0 Å². The molecule has 82 valence electrons. The van der Waals surface area contributed by atoms with Gasteiger partial charge in [-0.05, 0) is 31.1 Å². The average Bonchev–Trinajstić information content (AvgIpc) is 2.09. The average molecular weight is 198 g/mol. The fourth-order valence-corrected chi connectivity index (χ4v) is 1.97. The SMILES string of the molecule is CC1(C)CCC(NC(=O)CCN)CC1. The van der Waals surface area contributed by atoms with Crippen molar-refractivity contribution >= 4 is 5.91 Å². The molecule has 0 atom stereocenters. The van der Waals surface area contributed by atoms with E-state index in [1.807, 2.05) is 0 Å². The van der Waals surface area contributed by atoms with Crippen molar-refractivity contribution in [3.63, 3.8) is 0 Å². The van der Waals surface area contributed by atoms with Crippen LogP contribution in [0.5, 0.6) is 0 Å². The van der Waals surface area contributed by atoms with Gasteiger partial charge in [0.1, 0.15) is 0 Å². The van der Waals surface area contributed by atoms with Crippen LogP contribution in [0.4, 0.5) is 0 Å². The summed E-state index contributed by atoms with van der Waals surface area (Å²) >= 11 is 0. The topological polar surface area (TPSA) is 55.1 Å². The van der Waals surface area contributed by atoms with E-state index in [9.17, 15) is 4.79 Å². The first-order valence-corrected chi connectivity index (χ1v) is 5.53. The van der Waals surface area contributed by atoms with E-state index in [0.29, 0.717) is 24.4 Å². The van der Waals surface area contributed by atoms with Gasteiger partial charge in [-0.25, -0.2) is 0 Å². The molecule has 0 bridgehead atoms. The van der Waals surface area contributed by atoms with E-state index in [4.69, 9.17) is 5.73 Å². The third-order valence-electron chi connectivity index (χ3n) is 3.08. The van der Waals surface area contributed by atoms with E-state index in [2.05, 4.69) is 19.2 Å². The number of nitrogens with one attached hydrogen (secondary N) is 1. The minimum absolute atomic E-state index is 0.109. The molecule has 1 fully saturated rings. The smallest absolute Gasteiger partial charge is 0.221 e. The van der Waals surface area contributed by atoms with E-state index in [0.717, 1.165) is 12.8 Å². The Morgan fingerprint density at radius 3 is 2.50 bits per heavy atom. The zero-order chi connectivity index (χ0) is 10.6. The Morgan fingerprint density at radius 2 is 2.00 bits per heavy atom. The Morgan fingerprint density at radius 1 is 1.43 bits per heavy atom. The lowest BCUT2D eigenvalue weighted by molar-refractivity contribution is -0.121. The summed E-state index contributed by atoms with van der Waals surface area (Å²) in [6.07, 6.45) is 5.10. The van der Waals surface area contributed by atoms with Gasteiger partial charge in [-0.1, -0.05) is 13.8 Å². The first-order valence-electron chi connectivity index (χ1n) is 5.53. The van der Waals surface area contributed by atoms with E-state index in [1.54, 1.807) is 0 Å². The number of carbonyl (C=O) groups is 1. The minimum Gasteiger partial charge on any atom is -0.353 e. The van der Waals surface area contributed by atoms with Gasteiger partial charge in [0.2, 0.25) is 5.91 Å². The maximum absolute atomic E-state index is 11.3. The molecule has 0 saturated heterocycles. The van der Waals surface area contributed by atoms with Crippen LogP contribution in [0.3, 0.4) is 0 Å². The van der Waals surface area contributed by atoms with Crippen molar-refractivity contribution in [1.29, 1.82) is 0 Å². The lowest BCUT2D eigenvalue weighted by atomic mass is 9.75. The summed E-state index contributed by atoms with van der Waals surface area (Å²) in [6.45, 7) is 5.04. The summed E-state index contributed by atoms with van der Waals surface area (Å²) < 4.78 is 0. The zero-order valence-electron chi connectivity index (χ0n) is 9.31. The highest BCUT2D eigenvalue weighted by atomic mass is 16.1. The first kappa shape index (κ1) is 11.5. The maximum Gasteiger partial charge on any atom is 0.221 e. The van der Waals surface area contributed by atoms with Crippen LogP contribution in [0.2, 0.25) is 0 Å². The van der Waals surface area contributed by atoms with Gasteiger partial charge in [-0.2, -0.15) is 0 Å². The van der Waals surface area contributed by atoms with E-state index in [1.165, 1.54) is 12.8 Å². The van der Waals surface area contributed by atoms with Crippen molar-refractivity contribution in [3.05, 3.63) is 0 Å². The number of hydrogen-bond donors (Lipinski definition) is 2. The third kappa shape index (κ3) is 3.66. The quantitative estimate of drug-likeness (QED) is 0.720. The molecule has 0 spiro atoms. The highest BCUT2D eigenvalue weighted by Gasteiger charge is 2.27. The second-order valence-corrected chi connectivity index (χ2v) is 5.04. The summed E-state index contributed by atoms with van der Waals surface area (Å²) in [5.74, 6) is 0.109. The highest BCUT2D eigenvalue weighted by molar-refractivity contribution is 5.76. The summed E-state index contributed by atoms with van der Waals surface area (Å²) in [5.41, 5.74) is 5.78. The van der Waals surface area contributed by atoms with Gasteiger partial charge in [0.25, 0.3) is 0 Å². The monoisotopic (exact) mass is 198 g/mol. The number of nitrogens with two attached hydrogens (primary N) is 1. The van der Waals surface area contributed by atoms with E-state index in [-0.39, 0.29) is 5.91 Å². The molecule has 0 aromatic heterocycles. The molecule has 1 aliphatic rings. The van der Waals surface area contributed by atoms with Crippen molar-refractivity contribution in [2.75, 3.05) is 6.54 Å². The molecule has 3 nitrogen and oxygen atoms in total. The fourth-order valence-electron chi connectivity index (χ4n) is 1.97. The third-order valence-corrected chi connectivity index (χ3v) is 3.08. The second-order valence-electron chi connectivity index (χ2n) is 5.04. The molecule has 0 aromatic rings. The molecule has 0 aromatic carbocycles. The van der Waals surface area contributed by atoms with Gasteiger partial charge < -0.3 is 11.1 Å². The van der Waals surface area contributed by atoms with Crippen molar-refractivity contribution in [3.8, 4) is 0 Å². The standard InChI is InChI=1S/C11H22N2O/c1-11(2)6-3-9(4-7-11)13-10(14)5-8-12/h9H,3-8,12H2,1-2H3,(H,13,14). The summed E-state index contributed by atoms with van der Waals surface area (Å²) in [4.78, 5) is 11.3. The molecular formula is C11H22N2O. The summed E-state index contributed by atoms with van der Waals surface area (Å²) in [6, 6.07) is 0.391. The molecule has 1 rings (SSSR count). The van der Waals surface area contributed by atoms with Crippen LogP contribution in [0.1, 0.15) is 46.0 Å². The van der Waals surface area contributed by atoms with Crippen LogP contribution in [-0.2, 0) is 4.79 Å². The lowest BCUT2D eigenvalue weighted by Gasteiger charge is -2.34. The molecule has 0 radical (unpaired) electrons. The zero-order valence-corrected chi connectivity index (χ0v) is 9.31. The Balaban J connectivity index is 2.25. The van der Waals surface area contributed by atoms with Gasteiger partial charge >= 0.3 is 0 Å². The van der Waals surface area contributed by atoms with Crippen molar-refractivity contribution in [1.82, 2.24) is 5.32 Å². The van der Waals surface area contributed by atoms with Crippen LogP contribution in [0, 0.1) is 5.41 Å². The Hall–Kier alpha value is -0.570. The molecule has 0 aliphatic heterocycles. The predicted molar refractivity (Wildman–Crippen MR) is 57.9 cm³/mol. The number of hydrogen-bond acceptors (Lipinski definition) is 2. The van der Waals surface area contributed by atoms with Crippen LogP contribution in [0.25, 0.3) is 0 Å². The van der Waals surface area contributed by atoms with Crippen LogP contribution >= 0.6 is 0 Å². The van der Waals surface area contributed by atoms with Crippen molar-refractivity contribution in [2.45, 2.75) is 52.0 Å². The molecule has 3 heteroatoms. The lowest BCUT2D eigenvalue weighted by Crippen LogP contribution is -2.39. The van der Waals surface area contributed by atoms with Crippen molar-refractivity contribution < 1.29 is 4.79 Å². The normalized spacial score (nSPS) is 21.9. The maximum atomic E-state index is 11.3. The molecule has 3 N–H and O–H groups in total. The Bertz CT molecular complexity index is 191. The van der Waals surface area contributed by atoms with E-state index >= 15 is 0 Å². The molecule has 14 heavy (non-hydrogen) atoms. The van der Waals surface area contributed by atoms with Gasteiger partial charge in [0.15, 0.2) is 0 Å². The Labute approximate surface area is 86.4 Å². The van der Waals surface area contributed by atoms with Gasteiger partial charge in [0.05, 0.1) is 0 Å². The molecule has 1 amide bonds. The number of carbonyl (C=O) groups excluding carboxylic acids is 1. The van der Waals surface area contributed by atoms with Gasteiger partial charge in [-0.15, -0.1) is 0 Å². The Kier molecular flexibility index (Phi) is 3.93. The number of rotatable bonds is 3. The van der Waals surface area contributed by atoms with Gasteiger partial charge in [-0.3, -0.25) is 4.79 Å².